The predicted octanol–water partition coefficient (Wildman–Crippen LogP) is 2.44. The summed E-state index contributed by atoms with van der Waals surface area (Å²) >= 11 is 0. The second kappa shape index (κ2) is 6.27. The first-order valence-electron chi connectivity index (χ1n) is 7.67. The predicted molar refractivity (Wildman–Crippen MR) is 93.0 cm³/mol. The summed E-state index contributed by atoms with van der Waals surface area (Å²) in [5.74, 6) is -1.17. The molecule has 0 aliphatic rings. The fourth-order valence-corrected chi connectivity index (χ4v) is 2.73. The number of rotatable bonds is 3. The molecule has 0 saturated carbocycles. The number of aromatic carboxylic acids is 1. The number of amides is 1. The number of nitrogens with one attached hydrogen (secondary N) is 1. The molecule has 0 unspecified atom stereocenters. The Bertz CT molecular complexity index is 1030. The summed E-state index contributed by atoms with van der Waals surface area (Å²) in [6.45, 7) is 2.28. The molecule has 0 spiro atoms. The van der Waals surface area contributed by atoms with Crippen LogP contribution >= 0.6 is 0 Å². The summed E-state index contributed by atoms with van der Waals surface area (Å²) in [7, 11) is 1.59. The molecule has 3 aromatic rings. The van der Waals surface area contributed by atoms with Gasteiger partial charge in [0.25, 0.3) is 5.56 Å². The Hall–Kier alpha value is -3.35. The number of nitrogens with zero attached hydrogens (tertiary/aromatic N) is 2. The number of hydrogen-bond acceptors (Lipinski definition) is 3. The van der Waals surface area contributed by atoms with Gasteiger partial charge in [0.1, 0.15) is 0 Å². The molecule has 1 heterocycles. The molecule has 2 N–H and O–H groups in total. The molecule has 3 rings (SSSR count). The lowest BCUT2D eigenvalue weighted by atomic mass is 10.1. The number of benzene rings is 2. The lowest BCUT2D eigenvalue weighted by Gasteiger charge is -2.18. The number of aryl methyl sites for hydroxylation is 1. The molecule has 0 fully saturated rings. The van der Waals surface area contributed by atoms with Crippen LogP contribution in [0.1, 0.15) is 21.5 Å². The van der Waals surface area contributed by atoms with Crippen molar-refractivity contribution in [3.8, 4) is 0 Å². The van der Waals surface area contributed by atoms with Crippen LogP contribution in [0.4, 0.5) is 4.79 Å². The highest BCUT2D eigenvalue weighted by Gasteiger charge is 2.20. The molecular weight excluding hydrogens is 322 g/mol. The van der Waals surface area contributed by atoms with E-state index in [-0.39, 0.29) is 16.5 Å². The van der Waals surface area contributed by atoms with Crippen molar-refractivity contribution >= 4 is 22.9 Å². The van der Waals surface area contributed by atoms with Crippen LogP contribution in [0.2, 0.25) is 0 Å². The number of H-pyrrole nitrogens is 1. The van der Waals surface area contributed by atoms with Crippen molar-refractivity contribution in [2.24, 2.45) is 0 Å². The van der Waals surface area contributed by atoms with E-state index >= 15 is 0 Å². The zero-order valence-electron chi connectivity index (χ0n) is 13.8. The third-order valence-electron chi connectivity index (χ3n) is 4.14. The van der Waals surface area contributed by atoms with Gasteiger partial charge in [-0.2, -0.15) is 4.68 Å². The van der Waals surface area contributed by atoms with Crippen LogP contribution in [0, 0.1) is 6.92 Å². The highest BCUT2D eigenvalue weighted by molar-refractivity contribution is 6.02. The third kappa shape index (κ3) is 2.91. The summed E-state index contributed by atoms with van der Waals surface area (Å²) in [4.78, 5) is 37.8. The quantitative estimate of drug-likeness (QED) is 0.766. The van der Waals surface area contributed by atoms with Crippen LogP contribution in [0.25, 0.3) is 10.9 Å². The highest BCUT2D eigenvalue weighted by atomic mass is 16.4. The normalized spacial score (nSPS) is 10.8. The first kappa shape index (κ1) is 16.5. The van der Waals surface area contributed by atoms with Gasteiger partial charge >= 0.3 is 12.0 Å². The van der Waals surface area contributed by atoms with Crippen molar-refractivity contribution in [2.75, 3.05) is 7.05 Å². The molecule has 0 radical (unpaired) electrons. The summed E-state index contributed by atoms with van der Waals surface area (Å²) < 4.78 is 0.843. The van der Waals surface area contributed by atoms with Gasteiger partial charge in [-0.05, 0) is 30.2 Å². The number of carboxylic acids is 1. The van der Waals surface area contributed by atoms with E-state index in [1.54, 1.807) is 7.05 Å². The maximum absolute atomic E-state index is 12.6. The van der Waals surface area contributed by atoms with Gasteiger partial charge in [0.05, 0.1) is 16.5 Å². The van der Waals surface area contributed by atoms with E-state index in [1.807, 2.05) is 31.2 Å². The molecule has 0 bridgehead atoms. The van der Waals surface area contributed by atoms with Gasteiger partial charge in [-0.15, -0.1) is 0 Å². The van der Waals surface area contributed by atoms with E-state index in [0.29, 0.717) is 6.54 Å². The minimum Gasteiger partial charge on any atom is -0.478 e. The SMILES string of the molecule is Cc1ccccc1CN(C)C(=O)n1[nH]c2c(C(=O)O)cccc2c1=O. The number of aromatic amines is 1. The lowest BCUT2D eigenvalue weighted by Crippen LogP contribution is -2.36. The van der Waals surface area contributed by atoms with Crippen molar-refractivity contribution < 1.29 is 14.7 Å². The maximum atomic E-state index is 12.6. The minimum atomic E-state index is -1.17. The fraction of sp³-hybridized carbons (Fsp3) is 0.167. The molecule has 0 atom stereocenters. The van der Waals surface area contributed by atoms with Crippen LogP contribution in [-0.4, -0.2) is 38.8 Å². The maximum Gasteiger partial charge on any atom is 0.346 e. The van der Waals surface area contributed by atoms with Crippen LogP contribution in [0.15, 0.2) is 47.3 Å². The molecule has 128 valence electrons. The fourth-order valence-electron chi connectivity index (χ4n) is 2.73. The Morgan fingerprint density at radius 1 is 1.16 bits per heavy atom. The van der Waals surface area contributed by atoms with E-state index < -0.39 is 17.6 Å². The Kier molecular flexibility index (Phi) is 4.14. The van der Waals surface area contributed by atoms with Crippen molar-refractivity contribution in [1.82, 2.24) is 14.7 Å². The number of carbonyl (C=O) groups excluding carboxylic acids is 1. The van der Waals surface area contributed by atoms with Crippen molar-refractivity contribution in [3.05, 3.63) is 69.5 Å². The molecule has 0 aliphatic heterocycles. The minimum absolute atomic E-state index is 0.0530. The molecule has 7 heteroatoms. The lowest BCUT2D eigenvalue weighted by molar-refractivity contribution is 0.0698. The highest BCUT2D eigenvalue weighted by Crippen LogP contribution is 2.15. The zero-order valence-corrected chi connectivity index (χ0v) is 13.8. The molecular formula is C18H17N3O4. The van der Waals surface area contributed by atoms with E-state index in [1.165, 1.54) is 23.1 Å². The topological polar surface area (TPSA) is 95.4 Å². The van der Waals surface area contributed by atoms with Crippen molar-refractivity contribution in [3.63, 3.8) is 0 Å². The Morgan fingerprint density at radius 2 is 1.88 bits per heavy atom. The van der Waals surface area contributed by atoms with E-state index in [9.17, 15) is 19.5 Å². The monoisotopic (exact) mass is 339 g/mol. The number of aromatic nitrogens is 2. The van der Waals surface area contributed by atoms with Crippen LogP contribution in [0.3, 0.4) is 0 Å². The van der Waals surface area contributed by atoms with Gasteiger partial charge in [-0.3, -0.25) is 9.89 Å². The van der Waals surface area contributed by atoms with Gasteiger partial charge in [-0.1, -0.05) is 30.3 Å². The average molecular weight is 339 g/mol. The van der Waals surface area contributed by atoms with E-state index in [0.717, 1.165) is 15.8 Å². The molecule has 7 nitrogen and oxygen atoms in total. The second-order valence-corrected chi connectivity index (χ2v) is 5.85. The van der Waals surface area contributed by atoms with Gasteiger partial charge in [0.15, 0.2) is 0 Å². The molecule has 25 heavy (non-hydrogen) atoms. The number of carbonyl (C=O) groups is 2. The number of fused-ring (bicyclic) bond motifs is 1. The van der Waals surface area contributed by atoms with Crippen LogP contribution in [0.5, 0.6) is 0 Å². The smallest absolute Gasteiger partial charge is 0.346 e. The Labute approximate surface area is 143 Å². The number of carboxylic acid groups (broad SMARTS) is 1. The van der Waals surface area contributed by atoms with Crippen LogP contribution in [-0.2, 0) is 6.54 Å². The van der Waals surface area contributed by atoms with Crippen molar-refractivity contribution in [1.29, 1.82) is 0 Å². The third-order valence-corrected chi connectivity index (χ3v) is 4.14. The standard InChI is InChI=1S/C18H17N3O4/c1-11-6-3-4-7-12(11)10-20(2)18(25)21-16(22)13-8-5-9-14(17(23)24)15(13)19-21/h3-9,19H,10H2,1-2H3,(H,23,24). The van der Waals surface area contributed by atoms with Crippen molar-refractivity contribution in [2.45, 2.75) is 13.5 Å². The first-order chi connectivity index (χ1) is 11.9. The van der Waals surface area contributed by atoms with Gasteiger partial charge in [-0.25, -0.2) is 9.59 Å². The summed E-state index contributed by atoms with van der Waals surface area (Å²) in [5, 5.41) is 12.0. The molecule has 0 aliphatic carbocycles. The number of para-hydroxylation sites is 1. The number of hydrogen-bond donors (Lipinski definition) is 2. The molecule has 2 aromatic carbocycles. The summed E-state index contributed by atoms with van der Waals surface area (Å²) in [6, 6.07) is 11.5. The Morgan fingerprint density at radius 3 is 2.56 bits per heavy atom. The molecule has 0 saturated heterocycles. The van der Waals surface area contributed by atoms with E-state index in [2.05, 4.69) is 5.10 Å². The Balaban J connectivity index is 1.98. The largest absolute Gasteiger partial charge is 0.478 e. The van der Waals surface area contributed by atoms with Gasteiger partial charge in [0, 0.05) is 13.6 Å². The first-order valence-corrected chi connectivity index (χ1v) is 7.67. The molecule has 1 aromatic heterocycles. The van der Waals surface area contributed by atoms with Crippen LogP contribution < -0.4 is 5.56 Å². The average Bonchev–Trinajstić information content (AvgIpc) is 2.93. The summed E-state index contributed by atoms with van der Waals surface area (Å²) in [5.41, 5.74) is 1.52. The zero-order chi connectivity index (χ0) is 18.1. The summed E-state index contributed by atoms with van der Waals surface area (Å²) in [6.07, 6.45) is 0. The second-order valence-electron chi connectivity index (χ2n) is 5.85. The van der Waals surface area contributed by atoms with Gasteiger partial charge < -0.3 is 10.0 Å². The van der Waals surface area contributed by atoms with Gasteiger partial charge in [0.2, 0.25) is 0 Å². The molecule has 1 amide bonds. The van der Waals surface area contributed by atoms with E-state index in [4.69, 9.17) is 0 Å².